The number of pyridine rings is 1. The quantitative estimate of drug-likeness (QED) is 0.183. The largest absolute Gasteiger partial charge is 0.480 e. The number of benzene rings is 4. The van der Waals surface area contributed by atoms with Crippen molar-refractivity contribution >= 4 is 43.4 Å². The summed E-state index contributed by atoms with van der Waals surface area (Å²) in [6.45, 7) is 7.24. The van der Waals surface area contributed by atoms with Crippen molar-refractivity contribution in [2.75, 3.05) is 23.9 Å². The molecule has 4 aromatic carbocycles. The number of rotatable bonds is 8. The van der Waals surface area contributed by atoms with Gasteiger partial charge in [-0.15, -0.1) is 6.58 Å². The number of fused-ring (bicyclic) bond motifs is 5. The molecule has 3 aliphatic heterocycles. The van der Waals surface area contributed by atoms with Crippen LogP contribution < -0.4 is 4.31 Å². The molecule has 47 heavy (non-hydrogen) atoms. The van der Waals surface area contributed by atoms with E-state index in [9.17, 15) is 23.4 Å². The number of hydrogen-bond donors (Lipinski definition) is 2. The molecular formula is C38H39N3O5S. The summed E-state index contributed by atoms with van der Waals surface area (Å²) in [4.78, 5) is 18.3. The molecule has 3 saturated heterocycles. The molecule has 3 fully saturated rings. The van der Waals surface area contributed by atoms with Crippen LogP contribution in [0.15, 0.2) is 121 Å². The average Bonchev–Trinajstić information content (AvgIpc) is 3.11. The van der Waals surface area contributed by atoms with Crippen LogP contribution in [0, 0.1) is 18.8 Å². The standard InChI is InChI=1S/C19H22N2O.C19H17NO4S/c1-2-13-12-21-10-8-14(13)11-18(21)19(22)16-7-9-20-17-6-4-3-5-15(16)17;1-14-11-12-15-7-5-6-10-17(15)19(14)20(13-18(21)22)25(23,24)16-8-3-2-4-9-16/h2-7,9,13-14,18-19,22H,1,8,10-12H2;2-12H,13H2,1H3,(H,21,22). The van der Waals surface area contributed by atoms with Crippen LogP contribution in [-0.2, 0) is 14.8 Å². The molecule has 9 heteroatoms. The van der Waals surface area contributed by atoms with Crippen molar-refractivity contribution in [2.24, 2.45) is 11.8 Å². The van der Waals surface area contributed by atoms with E-state index in [1.807, 2.05) is 48.7 Å². The van der Waals surface area contributed by atoms with E-state index in [1.165, 1.54) is 18.6 Å². The predicted octanol–water partition coefficient (Wildman–Crippen LogP) is 6.59. The number of carboxylic acids is 1. The van der Waals surface area contributed by atoms with Gasteiger partial charge in [-0.2, -0.15) is 0 Å². The van der Waals surface area contributed by atoms with Gasteiger partial charge < -0.3 is 10.2 Å². The fourth-order valence-electron chi connectivity index (χ4n) is 7.11. The van der Waals surface area contributed by atoms with E-state index in [-0.39, 0.29) is 10.9 Å². The van der Waals surface area contributed by atoms with Crippen molar-refractivity contribution in [2.45, 2.75) is 36.8 Å². The highest BCUT2D eigenvalue weighted by Crippen LogP contribution is 2.42. The van der Waals surface area contributed by atoms with Crippen molar-refractivity contribution in [1.29, 1.82) is 0 Å². The van der Waals surface area contributed by atoms with E-state index in [0.29, 0.717) is 28.5 Å². The zero-order chi connectivity index (χ0) is 33.1. The van der Waals surface area contributed by atoms with E-state index >= 15 is 0 Å². The maximum Gasteiger partial charge on any atom is 0.324 e. The Kier molecular flexibility index (Phi) is 9.40. The lowest BCUT2D eigenvalue weighted by molar-refractivity contribution is -0.135. The first kappa shape index (κ1) is 32.4. The van der Waals surface area contributed by atoms with E-state index in [1.54, 1.807) is 43.3 Å². The molecule has 2 bridgehead atoms. The third-order valence-electron chi connectivity index (χ3n) is 9.48. The molecule has 4 heterocycles. The van der Waals surface area contributed by atoms with Gasteiger partial charge in [-0.1, -0.05) is 78.9 Å². The molecule has 8 nitrogen and oxygen atoms in total. The van der Waals surface area contributed by atoms with E-state index in [2.05, 4.69) is 28.6 Å². The molecule has 0 radical (unpaired) electrons. The van der Waals surface area contributed by atoms with Crippen molar-refractivity contribution in [3.8, 4) is 0 Å². The molecule has 0 amide bonds. The van der Waals surface area contributed by atoms with Crippen LogP contribution in [0.25, 0.3) is 21.7 Å². The van der Waals surface area contributed by atoms with Gasteiger partial charge in [0.05, 0.1) is 22.2 Å². The number of hydrogen-bond acceptors (Lipinski definition) is 6. The Morgan fingerprint density at radius 3 is 2.40 bits per heavy atom. The third-order valence-corrected chi connectivity index (χ3v) is 11.2. The highest BCUT2D eigenvalue weighted by Gasteiger charge is 2.42. The van der Waals surface area contributed by atoms with E-state index in [0.717, 1.165) is 45.7 Å². The van der Waals surface area contributed by atoms with Crippen LogP contribution in [-0.4, -0.2) is 60.2 Å². The minimum absolute atomic E-state index is 0.0589. The summed E-state index contributed by atoms with van der Waals surface area (Å²) in [5, 5.41) is 23.0. The molecule has 242 valence electrons. The minimum atomic E-state index is -4.01. The Bertz CT molecular complexity index is 2010. The van der Waals surface area contributed by atoms with Crippen LogP contribution in [0.2, 0.25) is 0 Å². The van der Waals surface area contributed by atoms with Gasteiger partial charge in [-0.3, -0.25) is 19.0 Å². The molecule has 0 saturated carbocycles. The number of aryl methyl sites for hydroxylation is 1. The fourth-order valence-corrected chi connectivity index (χ4v) is 8.63. The van der Waals surface area contributed by atoms with E-state index in [4.69, 9.17) is 0 Å². The lowest BCUT2D eigenvalue weighted by Gasteiger charge is -2.50. The number of aromatic nitrogens is 1. The molecule has 2 N–H and O–H groups in total. The Hall–Kier alpha value is -4.57. The molecule has 3 aliphatic rings. The number of piperidine rings is 3. The van der Waals surface area contributed by atoms with Gasteiger partial charge in [0.1, 0.15) is 6.54 Å². The van der Waals surface area contributed by atoms with Gasteiger partial charge in [-0.25, -0.2) is 8.42 Å². The number of nitrogens with zero attached hydrogens (tertiary/aromatic N) is 3. The summed E-state index contributed by atoms with van der Waals surface area (Å²) >= 11 is 0. The number of aliphatic hydroxyl groups excluding tert-OH is 1. The van der Waals surface area contributed by atoms with Gasteiger partial charge in [0.25, 0.3) is 10.0 Å². The van der Waals surface area contributed by atoms with Gasteiger partial charge in [-0.05, 0) is 78.9 Å². The van der Waals surface area contributed by atoms with Gasteiger partial charge in [0, 0.05) is 29.6 Å². The summed E-state index contributed by atoms with van der Waals surface area (Å²) in [7, 11) is -4.01. The smallest absolute Gasteiger partial charge is 0.324 e. The Morgan fingerprint density at radius 2 is 1.70 bits per heavy atom. The fraction of sp³-hybridized carbons (Fsp3) is 0.263. The summed E-state index contributed by atoms with van der Waals surface area (Å²) in [5.74, 6) is 0.0495. The van der Waals surface area contributed by atoms with Crippen LogP contribution >= 0.6 is 0 Å². The molecule has 5 unspecified atom stereocenters. The Morgan fingerprint density at radius 1 is 1.00 bits per heavy atom. The van der Waals surface area contributed by atoms with Crippen molar-refractivity contribution in [3.63, 3.8) is 0 Å². The monoisotopic (exact) mass is 649 g/mol. The molecular weight excluding hydrogens is 611 g/mol. The topological polar surface area (TPSA) is 111 Å². The van der Waals surface area contributed by atoms with Crippen LogP contribution in [0.1, 0.15) is 30.1 Å². The molecule has 1 aromatic heterocycles. The molecule has 8 rings (SSSR count). The van der Waals surface area contributed by atoms with Crippen molar-refractivity contribution < 1.29 is 23.4 Å². The van der Waals surface area contributed by atoms with Crippen LogP contribution in [0.4, 0.5) is 5.69 Å². The predicted molar refractivity (Wildman–Crippen MR) is 186 cm³/mol. The molecule has 0 aliphatic carbocycles. The van der Waals surface area contributed by atoms with Gasteiger partial charge in [0.15, 0.2) is 0 Å². The number of aliphatic carboxylic acids is 1. The minimum Gasteiger partial charge on any atom is -0.480 e. The summed E-state index contributed by atoms with van der Waals surface area (Å²) in [6, 6.07) is 29.2. The lowest BCUT2D eigenvalue weighted by Crippen LogP contribution is -2.54. The number of para-hydroxylation sites is 1. The SMILES string of the molecule is C=CC1CN2CCC1CC2C(O)c1ccnc2ccccc12.Cc1ccc2ccccc2c1N(CC(=O)O)S(=O)(=O)c1ccccc1. The first-order valence-corrected chi connectivity index (χ1v) is 17.3. The van der Waals surface area contributed by atoms with Crippen LogP contribution in [0.5, 0.6) is 0 Å². The molecule has 5 atom stereocenters. The number of aliphatic hydroxyl groups is 1. The van der Waals surface area contributed by atoms with Gasteiger partial charge in [0.2, 0.25) is 0 Å². The molecule has 5 aromatic rings. The number of anilines is 1. The second kappa shape index (κ2) is 13.7. The maximum atomic E-state index is 13.1. The lowest BCUT2D eigenvalue weighted by atomic mass is 9.73. The normalized spacial score (nSPS) is 21.1. The second-order valence-corrected chi connectivity index (χ2v) is 14.1. The van der Waals surface area contributed by atoms with Crippen LogP contribution in [0.3, 0.4) is 0 Å². The van der Waals surface area contributed by atoms with Crippen molar-refractivity contribution in [1.82, 2.24) is 9.88 Å². The number of carbonyl (C=O) groups is 1. The maximum absolute atomic E-state index is 13.1. The number of sulfonamides is 1. The van der Waals surface area contributed by atoms with Crippen molar-refractivity contribution in [3.05, 3.63) is 127 Å². The Balaban J connectivity index is 0.000000165. The highest BCUT2D eigenvalue weighted by molar-refractivity contribution is 7.92. The zero-order valence-corrected chi connectivity index (χ0v) is 27.1. The first-order chi connectivity index (χ1) is 22.7. The molecule has 0 spiro atoms. The Labute approximate surface area is 275 Å². The third kappa shape index (κ3) is 6.52. The first-order valence-electron chi connectivity index (χ1n) is 15.8. The number of carboxylic acid groups (broad SMARTS) is 1. The summed E-state index contributed by atoms with van der Waals surface area (Å²) in [5.41, 5.74) is 3.06. The second-order valence-electron chi connectivity index (χ2n) is 12.3. The zero-order valence-electron chi connectivity index (χ0n) is 26.3. The highest BCUT2D eigenvalue weighted by atomic mass is 32.2. The van der Waals surface area contributed by atoms with E-state index < -0.39 is 28.6 Å². The summed E-state index contributed by atoms with van der Waals surface area (Å²) in [6.07, 6.45) is 5.76. The summed E-state index contributed by atoms with van der Waals surface area (Å²) < 4.78 is 27.2. The van der Waals surface area contributed by atoms with Gasteiger partial charge >= 0.3 is 5.97 Å². The average molecular weight is 650 g/mol.